The summed E-state index contributed by atoms with van der Waals surface area (Å²) in [5, 5.41) is 8.93. The van der Waals surface area contributed by atoms with Crippen LogP contribution in [0.2, 0.25) is 0 Å². The van der Waals surface area contributed by atoms with Gasteiger partial charge in [0.2, 0.25) is 0 Å². The van der Waals surface area contributed by atoms with Crippen LogP contribution in [-0.2, 0) is 4.79 Å². The zero-order valence-electron chi connectivity index (χ0n) is 14.2. The molecular formula is C17H25NO5. The van der Waals surface area contributed by atoms with E-state index in [1.807, 2.05) is 20.8 Å². The van der Waals surface area contributed by atoms with Gasteiger partial charge in [-0.2, -0.15) is 0 Å². The van der Waals surface area contributed by atoms with Gasteiger partial charge in [-0.05, 0) is 30.5 Å². The summed E-state index contributed by atoms with van der Waals surface area (Å²) in [5.41, 5.74) is 0.383. The summed E-state index contributed by atoms with van der Waals surface area (Å²) in [6.45, 7) is 6.59. The zero-order chi connectivity index (χ0) is 17.4. The molecule has 0 saturated carbocycles. The fraction of sp³-hybridized carbons (Fsp3) is 0.529. The highest BCUT2D eigenvalue weighted by atomic mass is 16.5. The van der Waals surface area contributed by atoms with Gasteiger partial charge < -0.3 is 19.5 Å². The molecule has 1 aromatic rings. The smallest absolute Gasteiger partial charge is 0.323 e. The number of carbonyl (C=O) groups excluding carboxylic acids is 1. The van der Waals surface area contributed by atoms with Crippen molar-refractivity contribution in [1.82, 2.24) is 4.90 Å². The van der Waals surface area contributed by atoms with E-state index in [2.05, 4.69) is 0 Å². The van der Waals surface area contributed by atoms with Crippen LogP contribution in [-0.4, -0.2) is 48.7 Å². The maximum atomic E-state index is 12.5. The molecule has 1 rings (SSSR count). The number of methoxy groups -OCH3 is 1. The average Bonchev–Trinajstić information content (AvgIpc) is 2.51. The molecule has 0 aliphatic rings. The summed E-state index contributed by atoms with van der Waals surface area (Å²) in [4.78, 5) is 24.7. The number of carboxylic acid groups (broad SMARTS) is 1. The Bertz CT molecular complexity index is 542. The fourth-order valence-electron chi connectivity index (χ4n) is 2.04. The molecule has 23 heavy (non-hydrogen) atoms. The van der Waals surface area contributed by atoms with Crippen LogP contribution in [0.3, 0.4) is 0 Å². The van der Waals surface area contributed by atoms with Gasteiger partial charge in [-0.3, -0.25) is 9.59 Å². The Balaban J connectivity index is 2.97. The van der Waals surface area contributed by atoms with Crippen molar-refractivity contribution in [3.63, 3.8) is 0 Å². The van der Waals surface area contributed by atoms with Gasteiger partial charge in [-0.1, -0.05) is 20.8 Å². The van der Waals surface area contributed by atoms with Crippen LogP contribution >= 0.6 is 0 Å². The normalized spacial score (nSPS) is 10.5. The number of aliphatic carboxylic acids is 1. The minimum absolute atomic E-state index is 0.319. The highest BCUT2D eigenvalue weighted by Gasteiger charge is 2.19. The lowest BCUT2D eigenvalue weighted by atomic mass is 10.1. The topological polar surface area (TPSA) is 76.1 Å². The Morgan fingerprint density at radius 2 is 1.96 bits per heavy atom. The number of ether oxygens (including phenoxy) is 2. The standard InChI is InChI=1S/C17H25NO5/c1-5-8-18(10-16(19)20)17(21)13-6-7-14(15(9-13)22-4)23-11-12(2)3/h6-7,9,12H,5,8,10-11H2,1-4H3,(H,19,20). The second-order valence-electron chi connectivity index (χ2n) is 5.69. The summed E-state index contributed by atoms with van der Waals surface area (Å²) >= 11 is 0. The van der Waals surface area contributed by atoms with Crippen molar-refractivity contribution >= 4 is 11.9 Å². The van der Waals surface area contributed by atoms with Gasteiger partial charge in [0.1, 0.15) is 6.54 Å². The number of amides is 1. The highest BCUT2D eigenvalue weighted by molar-refractivity contribution is 5.96. The Hall–Kier alpha value is -2.24. The fourth-order valence-corrected chi connectivity index (χ4v) is 2.04. The molecule has 6 nitrogen and oxygen atoms in total. The Morgan fingerprint density at radius 3 is 2.48 bits per heavy atom. The molecule has 0 unspecified atom stereocenters. The van der Waals surface area contributed by atoms with Gasteiger partial charge >= 0.3 is 5.97 Å². The summed E-state index contributed by atoms with van der Waals surface area (Å²) < 4.78 is 10.9. The van der Waals surface area contributed by atoms with Crippen molar-refractivity contribution in [2.24, 2.45) is 5.92 Å². The molecule has 0 aliphatic carbocycles. The number of hydrogen-bond donors (Lipinski definition) is 1. The van der Waals surface area contributed by atoms with Crippen molar-refractivity contribution in [3.05, 3.63) is 23.8 Å². The molecule has 128 valence electrons. The minimum Gasteiger partial charge on any atom is -0.493 e. The van der Waals surface area contributed by atoms with Gasteiger partial charge in [0, 0.05) is 12.1 Å². The highest BCUT2D eigenvalue weighted by Crippen LogP contribution is 2.29. The quantitative estimate of drug-likeness (QED) is 0.756. The van der Waals surface area contributed by atoms with Crippen LogP contribution in [0.4, 0.5) is 0 Å². The number of benzene rings is 1. The lowest BCUT2D eigenvalue weighted by Crippen LogP contribution is -2.36. The molecule has 0 fully saturated rings. The van der Waals surface area contributed by atoms with Crippen molar-refractivity contribution in [1.29, 1.82) is 0 Å². The number of rotatable bonds is 9. The second-order valence-corrected chi connectivity index (χ2v) is 5.69. The predicted octanol–water partition coefficient (Wildman–Crippen LogP) is 2.67. The van der Waals surface area contributed by atoms with Gasteiger partial charge in [-0.25, -0.2) is 0 Å². The molecule has 1 amide bonds. The monoisotopic (exact) mass is 323 g/mol. The molecule has 0 heterocycles. The van der Waals surface area contributed by atoms with Crippen molar-refractivity contribution in [2.75, 3.05) is 26.8 Å². The van der Waals surface area contributed by atoms with E-state index >= 15 is 0 Å². The maximum absolute atomic E-state index is 12.5. The lowest BCUT2D eigenvalue weighted by molar-refractivity contribution is -0.137. The van der Waals surface area contributed by atoms with Crippen molar-refractivity contribution in [2.45, 2.75) is 27.2 Å². The summed E-state index contributed by atoms with van der Waals surface area (Å²) in [6, 6.07) is 4.90. The van der Waals surface area contributed by atoms with Gasteiger partial charge in [0.25, 0.3) is 5.91 Å². The van der Waals surface area contributed by atoms with Gasteiger partial charge in [0.05, 0.1) is 13.7 Å². The maximum Gasteiger partial charge on any atom is 0.323 e. The first-order valence-electron chi connectivity index (χ1n) is 7.70. The summed E-state index contributed by atoms with van der Waals surface area (Å²) in [7, 11) is 1.51. The Morgan fingerprint density at radius 1 is 1.26 bits per heavy atom. The van der Waals surface area contributed by atoms with E-state index in [4.69, 9.17) is 14.6 Å². The van der Waals surface area contributed by atoms with Crippen LogP contribution in [0, 0.1) is 5.92 Å². The van der Waals surface area contributed by atoms with E-state index in [-0.39, 0.29) is 12.5 Å². The lowest BCUT2D eigenvalue weighted by Gasteiger charge is -2.21. The molecule has 1 N–H and O–H groups in total. The SMILES string of the molecule is CCCN(CC(=O)O)C(=O)c1ccc(OCC(C)C)c(OC)c1. The average molecular weight is 323 g/mol. The third kappa shape index (κ3) is 5.81. The first-order chi connectivity index (χ1) is 10.9. The molecule has 0 spiro atoms. The summed E-state index contributed by atoms with van der Waals surface area (Å²) in [6.07, 6.45) is 0.686. The third-order valence-corrected chi connectivity index (χ3v) is 3.09. The van der Waals surface area contributed by atoms with Crippen molar-refractivity contribution < 1.29 is 24.2 Å². The second kappa shape index (κ2) is 9.02. The largest absolute Gasteiger partial charge is 0.493 e. The summed E-state index contributed by atoms with van der Waals surface area (Å²) in [5.74, 6) is 0.0385. The first-order valence-corrected chi connectivity index (χ1v) is 7.70. The van der Waals surface area contributed by atoms with Crippen molar-refractivity contribution in [3.8, 4) is 11.5 Å². The predicted molar refractivity (Wildman–Crippen MR) is 87.2 cm³/mol. The van der Waals surface area contributed by atoms with E-state index in [1.54, 1.807) is 18.2 Å². The number of hydrogen-bond acceptors (Lipinski definition) is 4. The minimum atomic E-state index is -1.03. The number of nitrogens with zero attached hydrogens (tertiary/aromatic N) is 1. The molecule has 0 bridgehead atoms. The van der Waals surface area contributed by atoms with E-state index in [9.17, 15) is 9.59 Å². The number of carbonyl (C=O) groups is 2. The van der Waals surface area contributed by atoms with Crippen LogP contribution in [0.25, 0.3) is 0 Å². The Kier molecular flexibility index (Phi) is 7.38. The van der Waals surface area contributed by atoms with E-state index in [1.165, 1.54) is 12.0 Å². The van der Waals surface area contributed by atoms with Gasteiger partial charge in [-0.15, -0.1) is 0 Å². The number of carboxylic acids is 1. The van der Waals surface area contributed by atoms with Crippen LogP contribution in [0.1, 0.15) is 37.6 Å². The van der Waals surface area contributed by atoms with Crippen LogP contribution in [0.15, 0.2) is 18.2 Å². The van der Waals surface area contributed by atoms with Crippen LogP contribution in [0.5, 0.6) is 11.5 Å². The van der Waals surface area contributed by atoms with Crippen LogP contribution < -0.4 is 9.47 Å². The zero-order valence-corrected chi connectivity index (χ0v) is 14.2. The molecule has 6 heteroatoms. The van der Waals surface area contributed by atoms with E-state index < -0.39 is 5.97 Å². The van der Waals surface area contributed by atoms with E-state index in [0.717, 1.165) is 0 Å². The van der Waals surface area contributed by atoms with E-state index in [0.29, 0.717) is 42.6 Å². The molecule has 0 aromatic heterocycles. The Labute approximate surface area is 137 Å². The molecular weight excluding hydrogens is 298 g/mol. The molecule has 1 aromatic carbocycles. The third-order valence-electron chi connectivity index (χ3n) is 3.09. The van der Waals surface area contributed by atoms with Gasteiger partial charge in [0.15, 0.2) is 11.5 Å². The molecule has 0 saturated heterocycles. The molecule has 0 radical (unpaired) electrons. The first kappa shape index (κ1) is 18.8. The molecule has 0 aliphatic heterocycles. The molecule has 0 atom stereocenters.